The minimum Gasteiger partial charge on any atom is -0.348 e. The van der Waals surface area contributed by atoms with E-state index in [4.69, 9.17) is 11.6 Å². The van der Waals surface area contributed by atoms with Crippen molar-refractivity contribution in [3.05, 3.63) is 119 Å². The van der Waals surface area contributed by atoms with E-state index in [0.717, 1.165) is 22.1 Å². The molecule has 0 aliphatic rings. The molecule has 0 saturated carbocycles. The molecule has 2 nitrogen and oxygen atoms in total. The number of benzene rings is 4. The first-order valence-corrected chi connectivity index (χ1v) is 9.86. The molecular weight excluding hydrogens is 378 g/mol. The number of nitrogens with one attached hydrogen (secondary N) is 1. The zero-order valence-electron chi connectivity index (χ0n) is 15.8. The van der Waals surface area contributed by atoms with Gasteiger partial charge in [0.25, 0.3) is 5.91 Å². The first kappa shape index (κ1) is 19.0. The minimum atomic E-state index is -0.135. The number of hydrogen-bond donors (Lipinski definition) is 1. The molecule has 0 aliphatic heterocycles. The predicted octanol–water partition coefficient (Wildman–Crippen LogP) is 6.35. The van der Waals surface area contributed by atoms with Crippen LogP contribution >= 0.6 is 11.6 Å². The van der Waals surface area contributed by atoms with Crippen LogP contribution in [0.5, 0.6) is 0 Å². The summed E-state index contributed by atoms with van der Waals surface area (Å²) in [6, 6.07) is 31.6. The van der Waals surface area contributed by atoms with E-state index in [0.29, 0.717) is 17.1 Å². The molecule has 0 radical (unpaired) electrons. The number of halogens is 1. The minimum absolute atomic E-state index is 0.135. The third kappa shape index (κ3) is 4.56. The van der Waals surface area contributed by atoms with Gasteiger partial charge in [0.15, 0.2) is 0 Å². The summed E-state index contributed by atoms with van der Waals surface area (Å²) in [5.41, 5.74) is 3.30. The Kier molecular flexibility index (Phi) is 5.73. The SMILES string of the molecule is O=C(NCc1ccc2ccccc2c1)/C(=C/c1ccccc1Cl)c1ccccc1. The lowest BCUT2D eigenvalue weighted by atomic mass is 10.0. The lowest BCUT2D eigenvalue weighted by Crippen LogP contribution is -2.23. The molecular formula is C26H20ClNO. The van der Waals surface area contributed by atoms with E-state index < -0.39 is 0 Å². The third-order valence-electron chi connectivity index (χ3n) is 4.80. The van der Waals surface area contributed by atoms with Crippen LogP contribution in [0.15, 0.2) is 97.1 Å². The van der Waals surface area contributed by atoms with Crippen molar-refractivity contribution in [2.45, 2.75) is 6.54 Å². The quantitative estimate of drug-likeness (QED) is 0.308. The summed E-state index contributed by atoms with van der Waals surface area (Å²) < 4.78 is 0. The van der Waals surface area contributed by atoms with Gasteiger partial charge in [-0.3, -0.25) is 4.79 Å². The molecule has 4 aromatic carbocycles. The van der Waals surface area contributed by atoms with E-state index in [1.54, 1.807) is 0 Å². The first-order valence-electron chi connectivity index (χ1n) is 9.48. The Hall–Kier alpha value is -3.36. The Morgan fingerprint density at radius 3 is 2.28 bits per heavy atom. The van der Waals surface area contributed by atoms with E-state index in [-0.39, 0.29) is 5.91 Å². The van der Waals surface area contributed by atoms with Crippen molar-refractivity contribution in [2.24, 2.45) is 0 Å². The normalized spacial score (nSPS) is 11.4. The second-order valence-corrected chi connectivity index (χ2v) is 7.22. The van der Waals surface area contributed by atoms with Gasteiger partial charge in [-0.25, -0.2) is 0 Å². The molecule has 142 valence electrons. The van der Waals surface area contributed by atoms with Crippen LogP contribution < -0.4 is 5.32 Å². The standard InChI is InChI=1S/C26H20ClNO/c27-25-13-7-6-12-23(25)17-24(21-9-2-1-3-10-21)26(29)28-18-19-14-15-20-8-4-5-11-22(20)16-19/h1-17H,18H2,(H,28,29)/b24-17+. The Balaban J connectivity index is 1.60. The molecule has 0 heterocycles. The second-order valence-electron chi connectivity index (χ2n) is 6.81. The average molecular weight is 398 g/mol. The Bertz CT molecular complexity index is 1180. The highest BCUT2D eigenvalue weighted by Gasteiger charge is 2.13. The molecule has 4 rings (SSSR count). The molecule has 0 unspecified atom stereocenters. The molecule has 0 fully saturated rings. The van der Waals surface area contributed by atoms with Crippen molar-refractivity contribution < 1.29 is 4.79 Å². The Morgan fingerprint density at radius 1 is 0.793 bits per heavy atom. The van der Waals surface area contributed by atoms with Crippen molar-refractivity contribution in [2.75, 3.05) is 0 Å². The summed E-state index contributed by atoms with van der Waals surface area (Å²) in [6.07, 6.45) is 1.84. The number of hydrogen-bond acceptors (Lipinski definition) is 1. The number of amides is 1. The van der Waals surface area contributed by atoms with Gasteiger partial charge >= 0.3 is 0 Å². The lowest BCUT2D eigenvalue weighted by Gasteiger charge is -2.11. The molecule has 0 spiro atoms. The van der Waals surface area contributed by atoms with Crippen molar-refractivity contribution in [1.29, 1.82) is 0 Å². The summed E-state index contributed by atoms with van der Waals surface area (Å²) in [7, 11) is 0. The molecule has 29 heavy (non-hydrogen) atoms. The molecule has 0 aliphatic carbocycles. The molecule has 0 atom stereocenters. The van der Waals surface area contributed by atoms with Crippen LogP contribution in [0.2, 0.25) is 5.02 Å². The third-order valence-corrected chi connectivity index (χ3v) is 5.15. The topological polar surface area (TPSA) is 29.1 Å². The first-order chi connectivity index (χ1) is 14.2. The van der Waals surface area contributed by atoms with Gasteiger partial charge in [0, 0.05) is 17.1 Å². The maximum atomic E-state index is 13.1. The molecule has 1 amide bonds. The number of fused-ring (bicyclic) bond motifs is 1. The zero-order valence-corrected chi connectivity index (χ0v) is 16.6. The van der Waals surface area contributed by atoms with Gasteiger partial charge in [0.2, 0.25) is 0 Å². The van der Waals surface area contributed by atoms with Crippen molar-refractivity contribution in [3.63, 3.8) is 0 Å². The fraction of sp³-hybridized carbons (Fsp3) is 0.0385. The average Bonchev–Trinajstić information content (AvgIpc) is 2.77. The summed E-state index contributed by atoms with van der Waals surface area (Å²) in [4.78, 5) is 13.1. The summed E-state index contributed by atoms with van der Waals surface area (Å²) in [6.45, 7) is 0.455. The van der Waals surface area contributed by atoms with Crippen LogP contribution in [0, 0.1) is 0 Å². The molecule has 4 aromatic rings. The summed E-state index contributed by atoms with van der Waals surface area (Å²) >= 11 is 6.31. The molecule has 0 aromatic heterocycles. The highest BCUT2D eigenvalue weighted by atomic mass is 35.5. The fourth-order valence-corrected chi connectivity index (χ4v) is 3.46. The van der Waals surface area contributed by atoms with Crippen LogP contribution in [-0.4, -0.2) is 5.91 Å². The smallest absolute Gasteiger partial charge is 0.252 e. The predicted molar refractivity (Wildman–Crippen MR) is 122 cm³/mol. The number of carbonyl (C=O) groups excluding carboxylic acids is 1. The fourth-order valence-electron chi connectivity index (χ4n) is 3.27. The highest BCUT2D eigenvalue weighted by molar-refractivity contribution is 6.33. The number of rotatable bonds is 5. The largest absolute Gasteiger partial charge is 0.348 e. The van der Waals surface area contributed by atoms with Gasteiger partial charge in [-0.2, -0.15) is 0 Å². The van der Waals surface area contributed by atoms with Gasteiger partial charge < -0.3 is 5.32 Å². The van der Waals surface area contributed by atoms with Gasteiger partial charge in [-0.05, 0) is 45.7 Å². The van der Waals surface area contributed by atoms with E-state index >= 15 is 0 Å². The maximum Gasteiger partial charge on any atom is 0.252 e. The van der Waals surface area contributed by atoms with Gasteiger partial charge in [0.1, 0.15) is 0 Å². The van der Waals surface area contributed by atoms with Gasteiger partial charge in [-0.15, -0.1) is 0 Å². The molecule has 1 N–H and O–H groups in total. The van der Waals surface area contributed by atoms with Crippen LogP contribution in [0.3, 0.4) is 0 Å². The summed E-state index contributed by atoms with van der Waals surface area (Å²) in [5.74, 6) is -0.135. The Labute approximate surface area is 175 Å². The highest BCUT2D eigenvalue weighted by Crippen LogP contribution is 2.23. The van der Waals surface area contributed by atoms with E-state index in [1.807, 2.05) is 78.9 Å². The van der Waals surface area contributed by atoms with E-state index in [1.165, 1.54) is 5.39 Å². The van der Waals surface area contributed by atoms with Crippen LogP contribution in [0.25, 0.3) is 22.4 Å². The lowest BCUT2D eigenvalue weighted by molar-refractivity contribution is -0.115. The van der Waals surface area contributed by atoms with E-state index in [2.05, 4.69) is 29.6 Å². The second kappa shape index (κ2) is 8.76. The number of carbonyl (C=O) groups is 1. The molecule has 0 saturated heterocycles. The maximum absolute atomic E-state index is 13.1. The van der Waals surface area contributed by atoms with Crippen molar-refractivity contribution in [3.8, 4) is 0 Å². The van der Waals surface area contributed by atoms with Crippen LogP contribution in [0.1, 0.15) is 16.7 Å². The Morgan fingerprint density at radius 2 is 1.48 bits per heavy atom. The van der Waals surface area contributed by atoms with Crippen molar-refractivity contribution in [1.82, 2.24) is 5.32 Å². The van der Waals surface area contributed by atoms with Gasteiger partial charge in [-0.1, -0.05) is 96.5 Å². The van der Waals surface area contributed by atoms with Crippen LogP contribution in [-0.2, 0) is 11.3 Å². The monoisotopic (exact) mass is 397 g/mol. The molecule has 0 bridgehead atoms. The van der Waals surface area contributed by atoms with Crippen LogP contribution in [0.4, 0.5) is 0 Å². The van der Waals surface area contributed by atoms with Gasteiger partial charge in [0.05, 0.1) is 0 Å². The molecule has 3 heteroatoms. The van der Waals surface area contributed by atoms with Crippen molar-refractivity contribution >= 4 is 39.9 Å². The summed E-state index contributed by atoms with van der Waals surface area (Å²) in [5, 5.41) is 6.01. The zero-order chi connectivity index (χ0) is 20.1. The van der Waals surface area contributed by atoms with E-state index in [9.17, 15) is 4.79 Å².